The first-order valence-corrected chi connectivity index (χ1v) is 8.22. The molecule has 3 aromatic rings. The van der Waals surface area contributed by atoms with Crippen molar-refractivity contribution < 1.29 is 19.4 Å². The average molecular weight is 384 g/mol. The first-order valence-electron chi connectivity index (χ1n) is 7.84. The Kier molecular flexibility index (Phi) is 5.34. The summed E-state index contributed by atoms with van der Waals surface area (Å²) >= 11 is 5.86. The molecule has 0 saturated heterocycles. The number of aromatic hydroxyl groups is 1. The fourth-order valence-corrected chi connectivity index (χ4v) is 2.63. The molecule has 2 aromatic carbocycles. The molecule has 0 aliphatic heterocycles. The minimum Gasteiger partial charge on any atom is -0.506 e. The van der Waals surface area contributed by atoms with Crippen LogP contribution in [0.5, 0.6) is 11.5 Å². The molecule has 6 nitrogen and oxygen atoms in total. The van der Waals surface area contributed by atoms with Crippen LogP contribution in [0.15, 0.2) is 47.3 Å². The molecule has 0 bridgehead atoms. The number of aromatic amines is 1. The molecule has 0 radical (unpaired) electrons. The normalized spacial score (nSPS) is 10.1. The third-order valence-corrected chi connectivity index (χ3v) is 3.97. The highest BCUT2D eigenvalue weighted by molar-refractivity contribution is 6.31. The molecule has 136 valence electrons. The van der Waals surface area contributed by atoms with Gasteiger partial charge < -0.3 is 19.6 Å². The van der Waals surface area contributed by atoms with Crippen molar-refractivity contribution in [3.05, 3.63) is 69.0 Å². The zero-order valence-electron chi connectivity index (χ0n) is 14.2. The summed E-state index contributed by atoms with van der Waals surface area (Å²) in [5.74, 6) is 4.73. The molecule has 1 aromatic heterocycles. The number of rotatable bonds is 3. The van der Waals surface area contributed by atoms with Gasteiger partial charge in [0.25, 0.3) is 5.56 Å². The summed E-state index contributed by atoms with van der Waals surface area (Å²) in [5.41, 5.74) is -0.242. The van der Waals surface area contributed by atoms with E-state index in [0.29, 0.717) is 21.9 Å². The number of H-pyrrole nitrogens is 1. The van der Waals surface area contributed by atoms with E-state index in [4.69, 9.17) is 21.1 Å². The predicted molar refractivity (Wildman–Crippen MR) is 101 cm³/mol. The highest BCUT2D eigenvalue weighted by Gasteiger charge is 2.20. The molecule has 0 atom stereocenters. The molecule has 0 aliphatic rings. The monoisotopic (exact) mass is 383 g/mol. The molecule has 0 amide bonds. The topological polar surface area (TPSA) is 88.6 Å². The minimum absolute atomic E-state index is 0.242. The van der Waals surface area contributed by atoms with Gasteiger partial charge in [0.2, 0.25) is 0 Å². The molecular weight excluding hydrogens is 370 g/mol. The maximum absolute atomic E-state index is 12.2. The molecule has 0 spiro atoms. The Hall–Kier alpha value is -3.43. The van der Waals surface area contributed by atoms with Crippen molar-refractivity contribution in [2.45, 2.75) is 0 Å². The maximum atomic E-state index is 12.2. The van der Waals surface area contributed by atoms with E-state index in [1.165, 1.54) is 18.2 Å². The van der Waals surface area contributed by atoms with Gasteiger partial charge in [0, 0.05) is 16.0 Å². The summed E-state index contributed by atoms with van der Waals surface area (Å²) in [7, 11) is 1.55. The quantitative estimate of drug-likeness (QED) is 0.536. The number of benzene rings is 2. The average Bonchev–Trinajstić information content (AvgIpc) is 2.65. The summed E-state index contributed by atoms with van der Waals surface area (Å²) in [6, 6.07) is 11.6. The highest BCUT2D eigenvalue weighted by atomic mass is 35.5. The lowest BCUT2D eigenvalue weighted by molar-refractivity contribution is 0.0551. The number of halogens is 1. The third kappa shape index (κ3) is 4.05. The number of carbonyl (C=O) groups is 1. The van der Waals surface area contributed by atoms with Crippen LogP contribution in [0.3, 0.4) is 0 Å². The van der Waals surface area contributed by atoms with Crippen LogP contribution in [0.1, 0.15) is 15.9 Å². The Bertz CT molecular complexity index is 1140. The molecule has 0 aliphatic carbocycles. The summed E-state index contributed by atoms with van der Waals surface area (Å²) in [6.07, 6.45) is 0. The van der Waals surface area contributed by atoms with Gasteiger partial charge in [-0.25, -0.2) is 4.79 Å². The summed E-state index contributed by atoms with van der Waals surface area (Å²) in [5, 5.41) is 10.9. The Morgan fingerprint density at radius 3 is 2.85 bits per heavy atom. The molecule has 2 N–H and O–H groups in total. The van der Waals surface area contributed by atoms with Gasteiger partial charge in [-0.15, -0.1) is 0 Å². The number of nitrogens with one attached hydrogen (secondary N) is 1. The number of pyridine rings is 1. The van der Waals surface area contributed by atoms with Crippen LogP contribution in [0.25, 0.3) is 10.9 Å². The lowest BCUT2D eigenvalue weighted by Crippen LogP contribution is -2.20. The number of esters is 1. The Morgan fingerprint density at radius 1 is 1.26 bits per heavy atom. The van der Waals surface area contributed by atoms with Gasteiger partial charge in [-0.3, -0.25) is 4.79 Å². The second-order valence-corrected chi connectivity index (χ2v) is 5.91. The van der Waals surface area contributed by atoms with Gasteiger partial charge in [-0.1, -0.05) is 29.5 Å². The number of fused-ring (bicyclic) bond motifs is 1. The third-order valence-electron chi connectivity index (χ3n) is 3.73. The zero-order chi connectivity index (χ0) is 19.4. The SMILES string of the molecule is COc1cccc(C#CCOC(=O)c2c(O)c3ccc(Cl)cc3[nH]c2=O)c1. The molecule has 0 unspecified atom stereocenters. The molecule has 3 rings (SSSR count). The first-order chi connectivity index (χ1) is 13.0. The fraction of sp³-hybridized carbons (Fsp3) is 0.100. The van der Waals surface area contributed by atoms with Crippen LogP contribution >= 0.6 is 11.6 Å². The second kappa shape index (κ2) is 7.85. The summed E-state index contributed by atoms with van der Waals surface area (Å²) in [4.78, 5) is 26.8. The number of hydrogen-bond acceptors (Lipinski definition) is 5. The molecular formula is C20H14ClNO5. The van der Waals surface area contributed by atoms with Crippen molar-refractivity contribution in [2.75, 3.05) is 13.7 Å². The van der Waals surface area contributed by atoms with E-state index in [1.807, 2.05) is 0 Å². The van der Waals surface area contributed by atoms with Gasteiger partial charge in [0.05, 0.1) is 12.6 Å². The van der Waals surface area contributed by atoms with E-state index in [1.54, 1.807) is 31.4 Å². The second-order valence-electron chi connectivity index (χ2n) is 5.48. The van der Waals surface area contributed by atoms with Crippen molar-refractivity contribution in [1.29, 1.82) is 0 Å². The van der Waals surface area contributed by atoms with Crippen molar-refractivity contribution in [2.24, 2.45) is 0 Å². The predicted octanol–water partition coefficient (Wildman–Crippen LogP) is 3.10. The largest absolute Gasteiger partial charge is 0.506 e. The van der Waals surface area contributed by atoms with Crippen LogP contribution in [0.4, 0.5) is 0 Å². The van der Waals surface area contributed by atoms with Gasteiger partial charge in [0.1, 0.15) is 11.5 Å². The standard InChI is InChI=1S/C20H14ClNO5/c1-26-14-6-2-4-12(10-14)5-3-9-27-20(25)17-18(23)15-8-7-13(21)11-16(15)22-19(17)24/h2,4,6-8,10-11H,9H2,1H3,(H2,22,23,24). The fourth-order valence-electron chi connectivity index (χ4n) is 2.46. The summed E-state index contributed by atoms with van der Waals surface area (Å²) < 4.78 is 10.1. The Labute approximate surface area is 159 Å². The van der Waals surface area contributed by atoms with Crippen molar-refractivity contribution in [3.8, 4) is 23.3 Å². The van der Waals surface area contributed by atoms with Gasteiger partial charge in [-0.2, -0.15) is 0 Å². The van der Waals surface area contributed by atoms with E-state index in [0.717, 1.165) is 0 Å². The van der Waals surface area contributed by atoms with E-state index in [-0.39, 0.29) is 12.0 Å². The Balaban J connectivity index is 1.78. The Morgan fingerprint density at radius 2 is 2.07 bits per heavy atom. The highest BCUT2D eigenvalue weighted by Crippen LogP contribution is 2.27. The summed E-state index contributed by atoms with van der Waals surface area (Å²) in [6.45, 7) is -0.242. The number of hydrogen-bond donors (Lipinski definition) is 2. The maximum Gasteiger partial charge on any atom is 0.348 e. The molecule has 7 heteroatoms. The van der Waals surface area contributed by atoms with Crippen LogP contribution in [-0.4, -0.2) is 29.8 Å². The zero-order valence-corrected chi connectivity index (χ0v) is 15.0. The van der Waals surface area contributed by atoms with Crippen molar-refractivity contribution in [3.63, 3.8) is 0 Å². The van der Waals surface area contributed by atoms with E-state index < -0.39 is 22.8 Å². The number of aromatic nitrogens is 1. The van der Waals surface area contributed by atoms with Crippen LogP contribution < -0.4 is 10.3 Å². The lowest BCUT2D eigenvalue weighted by atomic mass is 10.1. The smallest absolute Gasteiger partial charge is 0.348 e. The molecule has 0 fully saturated rings. The van der Waals surface area contributed by atoms with E-state index in [2.05, 4.69) is 16.8 Å². The lowest BCUT2D eigenvalue weighted by Gasteiger charge is -2.06. The molecule has 0 saturated carbocycles. The van der Waals surface area contributed by atoms with Crippen molar-refractivity contribution >= 4 is 28.5 Å². The van der Waals surface area contributed by atoms with Gasteiger partial charge in [0.15, 0.2) is 12.2 Å². The van der Waals surface area contributed by atoms with Gasteiger partial charge in [-0.05, 0) is 36.4 Å². The van der Waals surface area contributed by atoms with Gasteiger partial charge >= 0.3 is 5.97 Å². The van der Waals surface area contributed by atoms with Crippen molar-refractivity contribution in [1.82, 2.24) is 4.98 Å². The number of methoxy groups -OCH3 is 1. The first kappa shape index (κ1) is 18.4. The van der Waals surface area contributed by atoms with E-state index >= 15 is 0 Å². The number of ether oxygens (including phenoxy) is 2. The molecule has 27 heavy (non-hydrogen) atoms. The minimum atomic E-state index is -0.967. The van der Waals surface area contributed by atoms with Crippen LogP contribution in [-0.2, 0) is 4.74 Å². The molecule has 1 heterocycles. The number of carbonyl (C=O) groups excluding carboxylic acids is 1. The van der Waals surface area contributed by atoms with E-state index in [9.17, 15) is 14.7 Å². The van der Waals surface area contributed by atoms with Crippen LogP contribution in [0, 0.1) is 11.8 Å². The van der Waals surface area contributed by atoms with Crippen LogP contribution in [0.2, 0.25) is 5.02 Å².